The second kappa shape index (κ2) is 7.93. The molecular formula is C15H19ClO2. The van der Waals surface area contributed by atoms with Gasteiger partial charge in [-0.25, -0.2) is 0 Å². The number of allylic oxidation sites excluding steroid dienone is 1. The Hall–Kier alpha value is -1.28. The normalized spacial score (nSPS) is 10.1. The molecule has 0 aliphatic carbocycles. The maximum Gasteiger partial charge on any atom is 0.153 e. The van der Waals surface area contributed by atoms with Gasteiger partial charge in [0.2, 0.25) is 0 Å². The van der Waals surface area contributed by atoms with E-state index in [0.29, 0.717) is 29.4 Å². The van der Waals surface area contributed by atoms with Crippen molar-refractivity contribution < 1.29 is 9.53 Å². The second-order valence-corrected chi connectivity index (χ2v) is 4.59. The topological polar surface area (TPSA) is 26.3 Å². The van der Waals surface area contributed by atoms with Gasteiger partial charge in [-0.15, -0.1) is 6.58 Å². The molecule has 0 spiro atoms. The van der Waals surface area contributed by atoms with Crippen LogP contribution in [0.1, 0.15) is 42.1 Å². The lowest BCUT2D eigenvalue weighted by Crippen LogP contribution is -2.03. The lowest BCUT2D eigenvalue weighted by atomic mass is 10.1. The number of unbranched alkanes of at least 4 members (excludes halogenated alkanes) is 2. The molecule has 2 nitrogen and oxygen atoms in total. The van der Waals surface area contributed by atoms with Crippen LogP contribution in [0.15, 0.2) is 24.8 Å². The molecule has 0 saturated carbocycles. The number of carbonyl (C=O) groups is 1. The molecule has 18 heavy (non-hydrogen) atoms. The van der Waals surface area contributed by atoms with Crippen molar-refractivity contribution in [3.8, 4) is 5.75 Å². The van der Waals surface area contributed by atoms with Gasteiger partial charge >= 0.3 is 0 Å². The van der Waals surface area contributed by atoms with E-state index in [4.69, 9.17) is 16.3 Å². The third kappa shape index (κ3) is 4.19. The largest absolute Gasteiger partial charge is 0.493 e. The summed E-state index contributed by atoms with van der Waals surface area (Å²) in [6.07, 6.45) is 6.47. The minimum Gasteiger partial charge on any atom is -0.493 e. The van der Waals surface area contributed by atoms with Crippen LogP contribution in [0.4, 0.5) is 0 Å². The highest BCUT2D eigenvalue weighted by Crippen LogP contribution is 2.28. The fourth-order valence-electron chi connectivity index (χ4n) is 1.77. The van der Waals surface area contributed by atoms with E-state index in [0.717, 1.165) is 31.1 Å². The molecule has 98 valence electrons. The van der Waals surface area contributed by atoms with Gasteiger partial charge in [0, 0.05) is 10.6 Å². The standard InChI is InChI=1S/C15H19ClO2/c1-3-5-6-8-18-15-12(7-4-2)9-14(16)10-13(15)11-17/h4,9-11H,2-3,5-8H2,1H3. The monoisotopic (exact) mass is 266 g/mol. The van der Waals surface area contributed by atoms with Gasteiger partial charge in [-0.05, 0) is 25.0 Å². The molecule has 0 amide bonds. The Morgan fingerprint density at radius 3 is 2.78 bits per heavy atom. The van der Waals surface area contributed by atoms with Gasteiger partial charge in [0.25, 0.3) is 0 Å². The maximum absolute atomic E-state index is 11.1. The first-order valence-electron chi connectivity index (χ1n) is 6.24. The van der Waals surface area contributed by atoms with E-state index in [1.807, 2.05) is 6.07 Å². The van der Waals surface area contributed by atoms with Crippen molar-refractivity contribution in [1.29, 1.82) is 0 Å². The van der Waals surface area contributed by atoms with Crippen molar-refractivity contribution >= 4 is 17.9 Å². The van der Waals surface area contributed by atoms with Crippen LogP contribution in [0.25, 0.3) is 0 Å². The van der Waals surface area contributed by atoms with Gasteiger partial charge in [-0.3, -0.25) is 4.79 Å². The number of hydrogen-bond donors (Lipinski definition) is 0. The quantitative estimate of drug-likeness (QED) is 0.395. The van der Waals surface area contributed by atoms with Crippen LogP contribution in [0.5, 0.6) is 5.75 Å². The first kappa shape index (κ1) is 14.8. The summed E-state index contributed by atoms with van der Waals surface area (Å²) < 4.78 is 5.73. The van der Waals surface area contributed by atoms with E-state index in [1.54, 1.807) is 12.1 Å². The first-order valence-corrected chi connectivity index (χ1v) is 6.62. The maximum atomic E-state index is 11.1. The molecular weight excluding hydrogens is 248 g/mol. The van der Waals surface area contributed by atoms with E-state index in [9.17, 15) is 4.79 Å². The summed E-state index contributed by atoms with van der Waals surface area (Å²) in [7, 11) is 0. The van der Waals surface area contributed by atoms with Gasteiger partial charge in [0.05, 0.1) is 12.2 Å². The third-order valence-corrected chi connectivity index (χ3v) is 2.86. The van der Waals surface area contributed by atoms with Crippen molar-refractivity contribution in [3.05, 3.63) is 40.9 Å². The summed E-state index contributed by atoms with van der Waals surface area (Å²) in [5, 5.41) is 0.551. The third-order valence-electron chi connectivity index (χ3n) is 2.64. The molecule has 0 aromatic heterocycles. The van der Waals surface area contributed by atoms with Gasteiger partial charge in [0.15, 0.2) is 6.29 Å². The number of hydrogen-bond acceptors (Lipinski definition) is 2. The van der Waals surface area contributed by atoms with Crippen LogP contribution >= 0.6 is 11.6 Å². The Labute approximate surface area is 114 Å². The molecule has 0 aliphatic heterocycles. The summed E-state index contributed by atoms with van der Waals surface area (Å²) in [6, 6.07) is 3.46. The molecule has 0 radical (unpaired) electrons. The van der Waals surface area contributed by atoms with Gasteiger partial charge < -0.3 is 4.74 Å². The molecule has 0 unspecified atom stereocenters. The molecule has 0 aliphatic rings. The highest BCUT2D eigenvalue weighted by molar-refractivity contribution is 6.31. The van der Waals surface area contributed by atoms with E-state index in [-0.39, 0.29) is 0 Å². The van der Waals surface area contributed by atoms with Crippen molar-refractivity contribution in [1.82, 2.24) is 0 Å². The minimum absolute atomic E-state index is 0.510. The summed E-state index contributed by atoms with van der Waals surface area (Å²) in [6.45, 7) is 6.47. The molecule has 0 saturated heterocycles. The summed E-state index contributed by atoms with van der Waals surface area (Å²) in [5.41, 5.74) is 1.42. The van der Waals surface area contributed by atoms with Crippen LogP contribution in [0.3, 0.4) is 0 Å². The summed E-state index contributed by atoms with van der Waals surface area (Å²) in [5.74, 6) is 0.644. The Morgan fingerprint density at radius 1 is 1.39 bits per heavy atom. The molecule has 0 N–H and O–H groups in total. The van der Waals surface area contributed by atoms with E-state index < -0.39 is 0 Å². The average molecular weight is 267 g/mol. The van der Waals surface area contributed by atoms with Crippen LogP contribution in [-0.2, 0) is 6.42 Å². The van der Waals surface area contributed by atoms with Crippen LogP contribution in [-0.4, -0.2) is 12.9 Å². The Morgan fingerprint density at radius 2 is 2.17 bits per heavy atom. The predicted octanol–water partition coefficient (Wildman–Crippen LogP) is 4.45. The Bertz CT molecular complexity index is 413. The molecule has 0 bridgehead atoms. The van der Waals surface area contributed by atoms with Gasteiger partial charge in [0.1, 0.15) is 5.75 Å². The zero-order chi connectivity index (χ0) is 13.4. The SMILES string of the molecule is C=CCc1cc(Cl)cc(C=O)c1OCCCCC. The minimum atomic E-state index is 0.510. The zero-order valence-corrected chi connectivity index (χ0v) is 11.5. The first-order chi connectivity index (χ1) is 8.72. The highest BCUT2D eigenvalue weighted by Gasteiger charge is 2.10. The highest BCUT2D eigenvalue weighted by atomic mass is 35.5. The van der Waals surface area contributed by atoms with E-state index in [1.165, 1.54) is 0 Å². The number of aldehydes is 1. The van der Waals surface area contributed by atoms with Crippen LogP contribution < -0.4 is 4.74 Å². The van der Waals surface area contributed by atoms with E-state index in [2.05, 4.69) is 13.5 Å². The Kier molecular flexibility index (Phi) is 6.51. The molecule has 1 aromatic carbocycles. The second-order valence-electron chi connectivity index (χ2n) is 4.15. The number of halogens is 1. The fraction of sp³-hybridized carbons (Fsp3) is 0.400. The lowest BCUT2D eigenvalue weighted by molar-refractivity contribution is 0.111. The van der Waals surface area contributed by atoms with Crippen molar-refractivity contribution in [3.63, 3.8) is 0 Å². The molecule has 0 heterocycles. The summed E-state index contributed by atoms with van der Waals surface area (Å²) >= 11 is 5.97. The number of benzene rings is 1. The van der Waals surface area contributed by atoms with Crippen molar-refractivity contribution in [2.45, 2.75) is 32.6 Å². The van der Waals surface area contributed by atoms with E-state index >= 15 is 0 Å². The molecule has 1 aromatic rings. The predicted molar refractivity (Wildman–Crippen MR) is 75.8 cm³/mol. The molecule has 1 rings (SSSR count). The van der Waals surface area contributed by atoms with Crippen LogP contribution in [0, 0.1) is 0 Å². The number of carbonyl (C=O) groups excluding carboxylic acids is 1. The smallest absolute Gasteiger partial charge is 0.153 e. The van der Waals surface area contributed by atoms with Crippen molar-refractivity contribution in [2.24, 2.45) is 0 Å². The van der Waals surface area contributed by atoms with Crippen molar-refractivity contribution in [2.75, 3.05) is 6.61 Å². The summed E-state index contributed by atoms with van der Waals surface area (Å²) in [4.78, 5) is 11.1. The average Bonchev–Trinajstić information content (AvgIpc) is 2.36. The number of rotatable bonds is 8. The number of ether oxygens (including phenoxy) is 1. The zero-order valence-electron chi connectivity index (χ0n) is 10.7. The molecule has 0 atom stereocenters. The molecule has 0 fully saturated rings. The fourth-order valence-corrected chi connectivity index (χ4v) is 2.02. The van der Waals surface area contributed by atoms with Gasteiger partial charge in [-0.2, -0.15) is 0 Å². The lowest BCUT2D eigenvalue weighted by Gasteiger charge is -2.13. The van der Waals surface area contributed by atoms with Crippen LogP contribution in [0.2, 0.25) is 5.02 Å². The molecule has 3 heteroatoms. The Balaban J connectivity index is 2.90. The van der Waals surface area contributed by atoms with Gasteiger partial charge in [-0.1, -0.05) is 37.4 Å².